The number of hydrogen-bond acceptors (Lipinski definition) is 7. The van der Waals surface area contributed by atoms with E-state index in [0.29, 0.717) is 21.5 Å². The minimum Gasteiger partial charge on any atom is -0.454 e. The Kier molecular flexibility index (Phi) is 5.05. The summed E-state index contributed by atoms with van der Waals surface area (Å²) in [6, 6.07) is 16.6. The molecule has 0 N–H and O–H groups in total. The van der Waals surface area contributed by atoms with Gasteiger partial charge in [0.2, 0.25) is 6.79 Å². The molecule has 0 spiro atoms. The Hall–Kier alpha value is -4.57. The largest absolute Gasteiger partial charge is 0.454 e. The van der Waals surface area contributed by atoms with Crippen LogP contribution in [0.25, 0.3) is 11.8 Å². The van der Waals surface area contributed by atoms with Gasteiger partial charge in [0.15, 0.2) is 16.3 Å². The van der Waals surface area contributed by atoms with Gasteiger partial charge in [-0.3, -0.25) is 19.5 Å². The van der Waals surface area contributed by atoms with Crippen LogP contribution in [0.4, 0.5) is 10.1 Å². The molecule has 2 aliphatic heterocycles. The van der Waals surface area contributed by atoms with Crippen LogP contribution in [0.2, 0.25) is 0 Å². The van der Waals surface area contributed by atoms with Crippen molar-refractivity contribution in [3.63, 3.8) is 0 Å². The molecule has 0 saturated carbocycles. The first-order valence-electron chi connectivity index (χ1n) is 11.9. The molecule has 38 heavy (non-hydrogen) atoms. The van der Waals surface area contributed by atoms with Crippen molar-refractivity contribution in [3.8, 4) is 11.5 Å². The lowest BCUT2D eigenvalue weighted by atomic mass is 9.83. The Morgan fingerprint density at radius 1 is 1.08 bits per heavy atom. The lowest BCUT2D eigenvalue weighted by Gasteiger charge is -2.30. The Morgan fingerprint density at radius 3 is 2.63 bits per heavy atom. The van der Waals surface area contributed by atoms with Crippen LogP contribution in [0.5, 0.6) is 11.5 Å². The van der Waals surface area contributed by atoms with E-state index < -0.39 is 11.0 Å². The topological polar surface area (TPSA) is 96.0 Å². The van der Waals surface area contributed by atoms with Gasteiger partial charge in [0, 0.05) is 5.56 Å². The number of allylic oxidation sites excluding steroid dienone is 1. The molecule has 0 fully saturated rings. The van der Waals surface area contributed by atoms with Crippen LogP contribution in [-0.4, -0.2) is 16.3 Å². The summed E-state index contributed by atoms with van der Waals surface area (Å²) in [7, 11) is 0. The molecule has 0 amide bonds. The van der Waals surface area contributed by atoms with E-state index in [1.54, 1.807) is 16.7 Å². The third-order valence-electron chi connectivity index (χ3n) is 7.06. The fourth-order valence-electron chi connectivity index (χ4n) is 5.33. The number of halogens is 1. The monoisotopic (exact) mass is 527 g/mol. The van der Waals surface area contributed by atoms with Crippen molar-refractivity contribution in [1.82, 2.24) is 4.57 Å². The van der Waals surface area contributed by atoms with Gasteiger partial charge in [0.1, 0.15) is 5.82 Å². The molecule has 8 nitrogen and oxygen atoms in total. The second kappa shape index (κ2) is 8.49. The van der Waals surface area contributed by atoms with Crippen LogP contribution in [0, 0.1) is 15.9 Å². The molecule has 3 heterocycles. The summed E-state index contributed by atoms with van der Waals surface area (Å²) in [6.07, 6.45) is 3.01. The van der Waals surface area contributed by atoms with Gasteiger partial charge in [-0.2, -0.15) is 0 Å². The zero-order valence-corrected chi connectivity index (χ0v) is 20.5. The molecule has 1 atom stereocenters. The van der Waals surface area contributed by atoms with Gasteiger partial charge in [0.25, 0.3) is 11.2 Å². The Balaban J connectivity index is 1.48. The number of ether oxygens (including phenoxy) is 2. The lowest BCUT2D eigenvalue weighted by molar-refractivity contribution is -0.385. The number of thiazole rings is 1. The second-order valence-electron chi connectivity index (χ2n) is 9.19. The lowest BCUT2D eigenvalue weighted by Crippen LogP contribution is -2.38. The van der Waals surface area contributed by atoms with Crippen molar-refractivity contribution in [2.45, 2.75) is 18.9 Å². The molecule has 0 bridgehead atoms. The number of aromatic nitrogens is 1. The molecule has 10 heteroatoms. The average molecular weight is 528 g/mol. The van der Waals surface area contributed by atoms with Gasteiger partial charge in [-0.25, -0.2) is 9.38 Å². The predicted octanol–water partition coefficient (Wildman–Crippen LogP) is 4.09. The number of benzene rings is 3. The summed E-state index contributed by atoms with van der Waals surface area (Å²) in [5.41, 5.74) is 4.51. The van der Waals surface area contributed by atoms with Gasteiger partial charge in [-0.1, -0.05) is 47.7 Å². The summed E-state index contributed by atoms with van der Waals surface area (Å²) in [4.78, 5) is 30.6. The molecule has 0 saturated heterocycles. The summed E-state index contributed by atoms with van der Waals surface area (Å²) < 4.78 is 26.4. The molecule has 0 unspecified atom stereocenters. The maximum absolute atomic E-state index is 13.9. The van der Waals surface area contributed by atoms with Crippen LogP contribution in [0.3, 0.4) is 0 Å². The quantitative estimate of drug-likeness (QED) is 0.295. The molecule has 0 radical (unpaired) electrons. The fourth-order valence-corrected chi connectivity index (χ4v) is 6.32. The molecule has 1 aromatic heterocycles. The number of nitro groups is 1. The van der Waals surface area contributed by atoms with Gasteiger partial charge in [-0.15, -0.1) is 0 Å². The maximum atomic E-state index is 13.9. The van der Waals surface area contributed by atoms with Gasteiger partial charge in [0.05, 0.1) is 32.8 Å². The third kappa shape index (κ3) is 3.48. The van der Waals surface area contributed by atoms with Crippen molar-refractivity contribution in [2.24, 2.45) is 4.99 Å². The van der Waals surface area contributed by atoms with Crippen LogP contribution in [0.15, 0.2) is 76.0 Å². The predicted molar refractivity (Wildman–Crippen MR) is 138 cm³/mol. The minimum atomic E-state index is -0.512. The van der Waals surface area contributed by atoms with E-state index in [1.807, 2.05) is 18.2 Å². The normalized spacial score (nSPS) is 17.5. The van der Waals surface area contributed by atoms with Crippen LogP contribution in [-0.2, 0) is 6.42 Å². The summed E-state index contributed by atoms with van der Waals surface area (Å²) in [5.74, 6) is 0.309. The molecule has 4 aromatic rings. The van der Waals surface area contributed by atoms with Crippen LogP contribution >= 0.6 is 11.3 Å². The molecule has 188 valence electrons. The Bertz CT molecular complexity index is 1870. The number of aryl methyl sites for hydroxylation is 1. The molecule has 3 aliphatic rings. The van der Waals surface area contributed by atoms with Crippen molar-refractivity contribution in [1.29, 1.82) is 0 Å². The van der Waals surface area contributed by atoms with Crippen molar-refractivity contribution in [3.05, 3.63) is 124 Å². The average Bonchev–Trinajstić information content (AvgIpc) is 3.51. The number of rotatable bonds is 3. The van der Waals surface area contributed by atoms with E-state index in [0.717, 1.165) is 28.8 Å². The van der Waals surface area contributed by atoms with Crippen LogP contribution < -0.4 is 24.4 Å². The number of fused-ring (bicyclic) bond motifs is 4. The van der Waals surface area contributed by atoms with E-state index in [4.69, 9.17) is 14.5 Å². The van der Waals surface area contributed by atoms with E-state index in [-0.39, 0.29) is 35.2 Å². The fraction of sp³-hybridized carbons (Fsp3) is 0.143. The first kappa shape index (κ1) is 22.6. The van der Waals surface area contributed by atoms with Crippen molar-refractivity contribution < 1.29 is 18.8 Å². The zero-order valence-electron chi connectivity index (χ0n) is 19.7. The van der Waals surface area contributed by atoms with E-state index in [9.17, 15) is 19.3 Å². The molecule has 7 rings (SSSR count). The van der Waals surface area contributed by atoms with E-state index in [1.165, 1.54) is 47.2 Å². The Labute approximate surface area is 218 Å². The smallest absolute Gasteiger partial charge is 0.280 e. The first-order valence-corrected chi connectivity index (χ1v) is 12.8. The van der Waals surface area contributed by atoms with Gasteiger partial charge in [-0.05, 0) is 53.8 Å². The summed E-state index contributed by atoms with van der Waals surface area (Å²) in [5, 5.41) is 11.8. The standard InChI is InChI=1S/C28H18FN3O5S/c29-18-8-5-16(6-9-18)26-20-10-7-15-3-1-2-4-19(15)25(20)30-28-31(26)27(33)24(38-28)12-17-11-22-23(37-14-36-22)13-21(17)32(34)35/h1-6,8-9,11-13,26H,7,10,14H2/b24-12+/t26-/m0/s1. The number of nitrogens with zero attached hydrogens (tertiary/aromatic N) is 3. The van der Waals surface area contributed by atoms with Crippen molar-refractivity contribution >= 4 is 28.8 Å². The molecular weight excluding hydrogens is 509 g/mol. The van der Waals surface area contributed by atoms with E-state index in [2.05, 4.69) is 6.07 Å². The SMILES string of the molecule is O=c1/c(=C\c2cc3c(cc2[N+](=O)[O-])OCO3)sc2n1[C@@H](c1ccc(F)cc1)C1=C(N=2)c2ccccc2CC1. The highest BCUT2D eigenvalue weighted by Crippen LogP contribution is 2.41. The number of hydrogen-bond donors (Lipinski definition) is 0. The van der Waals surface area contributed by atoms with E-state index >= 15 is 0 Å². The summed E-state index contributed by atoms with van der Waals surface area (Å²) in [6.45, 7) is -0.0250. The second-order valence-corrected chi connectivity index (χ2v) is 10.2. The van der Waals surface area contributed by atoms with Crippen molar-refractivity contribution in [2.75, 3.05) is 6.79 Å². The highest BCUT2D eigenvalue weighted by atomic mass is 32.1. The summed E-state index contributed by atoms with van der Waals surface area (Å²) >= 11 is 1.17. The minimum absolute atomic E-state index is 0.0250. The Morgan fingerprint density at radius 2 is 1.84 bits per heavy atom. The molecule has 1 aliphatic carbocycles. The van der Waals surface area contributed by atoms with Gasteiger partial charge < -0.3 is 9.47 Å². The van der Waals surface area contributed by atoms with Crippen LogP contribution in [0.1, 0.15) is 34.7 Å². The highest BCUT2D eigenvalue weighted by Gasteiger charge is 2.33. The third-order valence-corrected chi connectivity index (χ3v) is 8.05. The zero-order chi connectivity index (χ0) is 26.0. The number of nitro benzene ring substituents is 1. The molecular formula is C28H18FN3O5S. The van der Waals surface area contributed by atoms with Gasteiger partial charge >= 0.3 is 0 Å². The highest BCUT2D eigenvalue weighted by molar-refractivity contribution is 7.07. The first-order chi connectivity index (χ1) is 18.5. The maximum Gasteiger partial charge on any atom is 0.280 e. The molecule has 3 aromatic carbocycles.